The Bertz CT molecular complexity index is 1080. The van der Waals surface area contributed by atoms with Crippen molar-refractivity contribution in [2.75, 3.05) is 7.11 Å². The first-order valence-electron chi connectivity index (χ1n) is 7.64. The molecule has 0 spiro atoms. The second kappa shape index (κ2) is 7.36. The third kappa shape index (κ3) is 3.57. The van der Waals surface area contributed by atoms with Gasteiger partial charge in [0.1, 0.15) is 12.3 Å². The first-order chi connectivity index (χ1) is 12.5. The summed E-state index contributed by atoms with van der Waals surface area (Å²) < 4.78 is 11.0. The lowest BCUT2D eigenvalue weighted by atomic mass is 10.1. The van der Waals surface area contributed by atoms with Gasteiger partial charge in [-0.2, -0.15) is 0 Å². The summed E-state index contributed by atoms with van der Waals surface area (Å²) in [5.41, 5.74) is 0.266. The van der Waals surface area contributed by atoms with Gasteiger partial charge in [0.2, 0.25) is 5.91 Å². The SMILES string of the molecule is COC(=O)c1ccc2c(=O)n(CC(=O)NCc3ccco3)c(=S)[nH]c2c1. The summed E-state index contributed by atoms with van der Waals surface area (Å²) in [5, 5.41) is 2.96. The molecule has 0 fully saturated rings. The van der Waals surface area contributed by atoms with E-state index in [4.69, 9.17) is 16.6 Å². The Labute approximate surface area is 152 Å². The van der Waals surface area contributed by atoms with Gasteiger partial charge >= 0.3 is 5.97 Å². The standard InChI is InChI=1S/C17H15N3O5S/c1-24-16(23)10-4-5-12-13(7-10)19-17(26)20(15(12)22)9-14(21)18-8-11-3-2-6-25-11/h2-7H,8-9H2,1H3,(H,18,21)(H,19,26). The van der Waals surface area contributed by atoms with Crippen molar-refractivity contribution in [1.29, 1.82) is 0 Å². The highest BCUT2D eigenvalue weighted by Crippen LogP contribution is 2.11. The average molecular weight is 373 g/mol. The van der Waals surface area contributed by atoms with E-state index in [0.717, 1.165) is 4.57 Å². The predicted molar refractivity (Wildman–Crippen MR) is 95.3 cm³/mol. The van der Waals surface area contributed by atoms with E-state index in [9.17, 15) is 14.4 Å². The molecule has 0 atom stereocenters. The quantitative estimate of drug-likeness (QED) is 0.521. The van der Waals surface area contributed by atoms with Gasteiger partial charge in [0.05, 0.1) is 36.4 Å². The number of ether oxygens (including phenoxy) is 1. The van der Waals surface area contributed by atoms with E-state index in [-0.39, 0.29) is 23.8 Å². The number of H-pyrrole nitrogens is 1. The fourth-order valence-electron chi connectivity index (χ4n) is 2.44. The first-order valence-corrected chi connectivity index (χ1v) is 8.04. The number of hydrogen-bond donors (Lipinski definition) is 2. The summed E-state index contributed by atoms with van der Waals surface area (Å²) in [6, 6.07) is 7.90. The topological polar surface area (TPSA) is 106 Å². The Morgan fingerprint density at radius 2 is 2.15 bits per heavy atom. The highest BCUT2D eigenvalue weighted by molar-refractivity contribution is 7.71. The van der Waals surface area contributed by atoms with E-state index < -0.39 is 11.5 Å². The molecule has 2 N–H and O–H groups in total. The van der Waals surface area contributed by atoms with Gasteiger partial charge < -0.3 is 19.5 Å². The zero-order chi connectivity index (χ0) is 18.7. The Morgan fingerprint density at radius 3 is 2.85 bits per heavy atom. The lowest BCUT2D eigenvalue weighted by molar-refractivity contribution is -0.122. The van der Waals surface area contributed by atoms with E-state index in [1.165, 1.54) is 31.6 Å². The second-order valence-corrected chi connectivity index (χ2v) is 5.82. The molecule has 0 saturated heterocycles. The maximum absolute atomic E-state index is 12.6. The summed E-state index contributed by atoms with van der Waals surface area (Å²) >= 11 is 5.18. The van der Waals surface area contributed by atoms with Crippen LogP contribution in [0.25, 0.3) is 10.9 Å². The number of carbonyl (C=O) groups excluding carboxylic acids is 2. The Kier molecular flexibility index (Phi) is 4.99. The van der Waals surface area contributed by atoms with E-state index in [1.54, 1.807) is 12.1 Å². The number of amides is 1. The van der Waals surface area contributed by atoms with Gasteiger partial charge in [0, 0.05) is 0 Å². The van der Waals surface area contributed by atoms with Gasteiger partial charge in [-0.3, -0.25) is 14.2 Å². The fourth-order valence-corrected chi connectivity index (χ4v) is 2.70. The summed E-state index contributed by atoms with van der Waals surface area (Å²) in [5.74, 6) is -0.300. The number of esters is 1. The van der Waals surface area contributed by atoms with Crippen molar-refractivity contribution in [2.24, 2.45) is 0 Å². The number of nitrogens with zero attached hydrogens (tertiary/aromatic N) is 1. The largest absolute Gasteiger partial charge is 0.467 e. The minimum atomic E-state index is -0.521. The molecular formula is C17H15N3O5S. The number of aromatic amines is 1. The van der Waals surface area contributed by atoms with Crippen molar-refractivity contribution in [1.82, 2.24) is 14.9 Å². The molecule has 0 aliphatic carbocycles. The number of benzene rings is 1. The van der Waals surface area contributed by atoms with Crippen LogP contribution in [-0.2, 0) is 22.6 Å². The van der Waals surface area contributed by atoms with Crippen LogP contribution in [0.4, 0.5) is 0 Å². The first kappa shape index (κ1) is 17.6. The molecule has 1 amide bonds. The average Bonchev–Trinajstić information content (AvgIpc) is 3.16. The lowest BCUT2D eigenvalue weighted by Gasteiger charge is -2.09. The molecule has 0 unspecified atom stereocenters. The number of hydrogen-bond acceptors (Lipinski definition) is 6. The van der Waals surface area contributed by atoms with Crippen molar-refractivity contribution < 1.29 is 18.7 Å². The van der Waals surface area contributed by atoms with Crippen LogP contribution in [0.1, 0.15) is 16.1 Å². The molecule has 0 aliphatic heterocycles. The van der Waals surface area contributed by atoms with Crippen LogP contribution in [-0.4, -0.2) is 28.5 Å². The minimum Gasteiger partial charge on any atom is -0.467 e. The van der Waals surface area contributed by atoms with Gasteiger partial charge in [-0.05, 0) is 42.5 Å². The molecule has 3 rings (SSSR count). The maximum Gasteiger partial charge on any atom is 0.337 e. The third-order valence-corrected chi connectivity index (χ3v) is 4.07. The Hall–Kier alpha value is -3.20. The molecule has 0 saturated carbocycles. The van der Waals surface area contributed by atoms with Crippen LogP contribution in [0.15, 0.2) is 45.8 Å². The molecule has 0 bridgehead atoms. The van der Waals surface area contributed by atoms with Crippen LogP contribution in [0, 0.1) is 4.77 Å². The lowest BCUT2D eigenvalue weighted by Crippen LogP contribution is -2.32. The van der Waals surface area contributed by atoms with Crippen molar-refractivity contribution in [2.45, 2.75) is 13.1 Å². The third-order valence-electron chi connectivity index (χ3n) is 3.74. The van der Waals surface area contributed by atoms with Gasteiger partial charge in [-0.15, -0.1) is 0 Å². The molecule has 8 nitrogen and oxygen atoms in total. The second-order valence-electron chi connectivity index (χ2n) is 5.43. The zero-order valence-corrected chi connectivity index (χ0v) is 14.6. The number of carbonyl (C=O) groups is 2. The molecule has 134 valence electrons. The number of methoxy groups -OCH3 is 1. The monoisotopic (exact) mass is 373 g/mol. The van der Waals surface area contributed by atoms with E-state index >= 15 is 0 Å². The normalized spacial score (nSPS) is 10.7. The van der Waals surface area contributed by atoms with Gasteiger partial charge in [-0.1, -0.05) is 0 Å². The van der Waals surface area contributed by atoms with Crippen LogP contribution in [0.2, 0.25) is 0 Å². The van der Waals surface area contributed by atoms with Crippen molar-refractivity contribution in [3.05, 3.63) is 63.0 Å². The summed E-state index contributed by atoms with van der Waals surface area (Å²) in [6.45, 7) is -0.0172. The highest BCUT2D eigenvalue weighted by Gasteiger charge is 2.12. The zero-order valence-electron chi connectivity index (χ0n) is 13.8. The molecule has 0 radical (unpaired) electrons. The van der Waals surface area contributed by atoms with Gasteiger partial charge in [-0.25, -0.2) is 4.79 Å². The molecule has 3 aromatic rings. The summed E-state index contributed by atoms with van der Waals surface area (Å²) in [7, 11) is 1.27. The fraction of sp³-hybridized carbons (Fsp3) is 0.176. The molecule has 2 aromatic heterocycles. The molecule has 1 aromatic carbocycles. The molecule has 0 aliphatic rings. The number of nitrogens with one attached hydrogen (secondary N) is 2. The maximum atomic E-state index is 12.6. The molecule has 9 heteroatoms. The number of rotatable bonds is 5. The summed E-state index contributed by atoms with van der Waals surface area (Å²) in [6.07, 6.45) is 1.51. The number of aromatic nitrogens is 2. The molecular weight excluding hydrogens is 358 g/mol. The van der Waals surface area contributed by atoms with Crippen molar-refractivity contribution >= 4 is 35.0 Å². The minimum absolute atomic E-state index is 0.0812. The van der Waals surface area contributed by atoms with E-state index in [2.05, 4.69) is 15.0 Å². The van der Waals surface area contributed by atoms with Gasteiger partial charge in [0.25, 0.3) is 5.56 Å². The predicted octanol–water partition coefficient (Wildman–Crippen LogP) is 1.76. The highest BCUT2D eigenvalue weighted by atomic mass is 32.1. The molecule has 26 heavy (non-hydrogen) atoms. The number of furan rings is 1. The van der Waals surface area contributed by atoms with E-state index in [0.29, 0.717) is 22.2 Å². The van der Waals surface area contributed by atoms with Crippen LogP contribution in [0.3, 0.4) is 0 Å². The summed E-state index contributed by atoms with van der Waals surface area (Å²) in [4.78, 5) is 39.2. The van der Waals surface area contributed by atoms with Crippen LogP contribution >= 0.6 is 12.2 Å². The smallest absolute Gasteiger partial charge is 0.337 e. The van der Waals surface area contributed by atoms with E-state index in [1.807, 2.05) is 0 Å². The van der Waals surface area contributed by atoms with Gasteiger partial charge in [0.15, 0.2) is 4.77 Å². The number of fused-ring (bicyclic) bond motifs is 1. The Balaban J connectivity index is 1.87. The Morgan fingerprint density at radius 1 is 1.35 bits per heavy atom. The molecule has 2 heterocycles. The van der Waals surface area contributed by atoms with Crippen molar-refractivity contribution in [3.8, 4) is 0 Å². The van der Waals surface area contributed by atoms with Crippen LogP contribution in [0.5, 0.6) is 0 Å². The van der Waals surface area contributed by atoms with Crippen LogP contribution < -0.4 is 10.9 Å². The van der Waals surface area contributed by atoms with Crippen molar-refractivity contribution in [3.63, 3.8) is 0 Å².